The van der Waals surface area contributed by atoms with E-state index in [4.69, 9.17) is 9.84 Å². The summed E-state index contributed by atoms with van der Waals surface area (Å²) in [5.74, 6) is 0.149. The van der Waals surface area contributed by atoms with Crippen molar-refractivity contribution >= 4 is 5.91 Å². The number of likely N-dealkylation sites (tertiary alicyclic amines) is 1. The number of carbonyl (C=O) groups excluding carboxylic acids is 1. The van der Waals surface area contributed by atoms with Gasteiger partial charge in [0.1, 0.15) is 0 Å². The van der Waals surface area contributed by atoms with Crippen molar-refractivity contribution in [2.75, 3.05) is 26.3 Å². The highest BCUT2D eigenvalue weighted by molar-refractivity contribution is 5.76. The SMILES string of the molecule is O=C(CCn1ccnn1)N1CCC(OCCO)CC1. The van der Waals surface area contributed by atoms with E-state index in [0.29, 0.717) is 19.6 Å². The molecule has 0 aromatic carbocycles. The molecule has 7 nitrogen and oxygen atoms in total. The summed E-state index contributed by atoms with van der Waals surface area (Å²) in [6.07, 6.45) is 5.67. The highest BCUT2D eigenvalue weighted by Crippen LogP contribution is 2.14. The minimum absolute atomic E-state index is 0.0526. The highest BCUT2D eigenvalue weighted by atomic mass is 16.5. The van der Waals surface area contributed by atoms with Gasteiger partial charge >= 0.3 is 0 Å². The van der Waals surface area contributed by atoms with Gasteiger partial charge in [-0.2, -0.15) is 0 Å². The first kappa shape index (κ1) is 14.0. The number of aliphatic hydroxyl groups is 1. The molecule has 1 aliphatic heterocycles. The maximum atomic E-state index is 12.0. The van der Waals surface area contributed by atoms with Crippen molar-refractivity contribution in [2.24, 2.45) is 0 Å². The number of hydrogen-bond acceptors (Lipinski definition) is 5. The number of amides is 1. The maximum Gasteiger partial charge on any atom is 0.224 e. The van der Waals surface area contributed by atoms with Crippen molar-refractivity contribution in [3.05, 3.63) is 12.4 Å². The number of aryl methyl sites for hydroxylation is 1. The minimum Gasteiger partial charge on any atom is -0.394 e. The van der Waals surface area contributed by atoms with Crippen LogP contribution in [-0.2, 0) is 16.1 Å². The first-order valence-electron chi connectivity index (χ1n) is 6.64. The fourth-order valence-electron chi connectivity index (χ4n) is 2.21. The Morgan fingerprint density at radius 2 is 2.21 bits per heavy atom. The Balaban J connectivity index is 1.67. The van der Waals surface area contributed by atoms with Crippen LogP contribution in [0.25, 0.3) is 0 Å². The molecule has 106 valence electrons. The van der Waals surface area contributed by atoms with E-state index in [9.17, 15) is 4.79 Å². The van der Waals surface area contributed by atoms with Crippen LogP contribution in [0.3, 0.4) is 0 Å². The van der Waals surface area contributed by atoms with Crippen LogP contribution >= 0.6 is 0 Å². The molecule has 0 aliphatic carbocycles. The third kappa shape index (κ3) is 4.29. The number of aliphatic hydroxyl groups excluding tert-OH is 1. The zero-order valence-electron chi connectivity index (χ0n) is 10.9. The quantitative estimate of drug-likeness (QED) is 0.764. The van der Waals surface area contributed by atoms with Crippen LogP contribution in [-0.4, -0.2) is 63.3 Å². The average molecular weight is 268 g/mol. The summed E-state index contributed by atoms with van der Waals surface area (Å²) >= 11 is 0. The summed E-state index contributed by atoms with van der Waals surface area (Å²) in [7, 11) is 0. The summed E-state index contributed by atoms with van der Waals surface area (Å²) in [5, 5.41) is 16.2. The Morgan fingerprint density at radius 1 is 1.42 bits per heavy atom. The third-order valence-electron chi connectivity index (χ3n) is 3.27. The van der Waals surface area contributed by atoms with Crippen LogP contribution < -0.4 is 0 Å². The zero-order chi connectivity index (χ0) is 13.5. The van der Waals surface area contributed by atoms with E-state index in [2.05, 4.69) is 10.3 Å². The molecule has 1 aromatic rings. The number of piperidine rings is 1. The summed E-state index contributed by atoms with van der Waals surface area (Å²) < 4.78 is 7.13. The molecular formula is C12H20N4O3. The van der Waals surface area contributed by atoms with Crippen molar-refractivity contribution in [3.8, 4) is 0 Å². The van der Waals surface area contributed by atoms with Crippen molar-refractivity contribution in [1.29, 1.82) is 0 Å². The second-order valence-corrected chi connectivity index (χ2v) is 4.59. The molecule has 1 saturated heterocycles. The van der Waals surface area contributed by atoms with E-state index < -0.39 is 0 Å². The van der Waals surface area contributed by atoms with Gasteiger partial charge < -0.3 is 14.7 Å². The molecule has 0 saturated carbocycles. The largest absolute Gasteiger partial charge is 0.394 e. The fraction of sp³-hybridized carbons (Fsp3) is 0.750. The zero-order valence-corrected chi connectivity index (χ0v) is 10.9. The van der Waals surface area contributed by atoms with Crippen molar-refractivity contribution < 1.29 is 14.6 Å². The second-order valence-electron chi connectivity index (χ2n) is 4.59. The summed E-state index contributed by atoms with van der Waals surface area (Å²) in [6, 6.07) is 0. The van der Waals surface area contributed by atoms with Gasteiger partial charge in [0.2, 0.25) is 5.91 Å². The van der Waals surface area contributed by atoms with Gasteiger partial charge in [0, 0.05) is 25.7 Å². The number of rotatable bonds is 6. The van der Waals surface area contributed by atoms with Crippen molar-refractivity contribution in [2.45, 2.75) is 31.9 Å². The van der Waals surface area contributed by atoms with Gasteiger partial charge in [-0.3, -0.25) is 9.48 Å². The maximum absolute atomic E-state index is 12.0. The normalized spacial score (nSPS) is 16.8. The van der Waals surface area contributed by atoms with E-state index in [1.807, 2.05) is 4.90 Å². The first-order chi connectivity index (χ1) is 9.29. The molecule has 2 heterocycles. The van der Waals surface area contributed by atoms with Gasteiger partial charge in [0.25, 0.3) is 0 Å². The Morgan fingerprint density at radius 3 is 2.84 bits per heavy atom. The molecule has 0 spiro atoms. The smallest absolute Gasteiger partial charge is 0.224 e. The summed E-state index contributed by atoms with van der Waals surface area (Å²) in [5.41, 5.74) is 0. The molecule has 0 unspecified atom stereocenters. The lowest BCUT2D eigenvalue weighted by Gasteiger charge is -2.31. The minimum atomic E-state index is 0.0526. The summed E-state index contributed by atoms with van der Waals surface area (Å²) in [4.78, 5) is 13.9. The Hall–Kier alpha value is -1.47. The van der Waals surface area contributed by atoms with E-state index in [1.54, 1.807) is 17.1 Å². The van der Waals surface area contributed by atoms with Gasteiger partial charge in [-0.15, -0.1) is 5.10 Å². The molecule has 0 radical (unpaired) electrons. The summed E-state index contributed by atoms with van der Waals surface area (Å²) in [6.45, 7) is 2.46. The number of aromatic nitrogens is 3. The molecule has 1 fully saturated rings. The number of hydrogen-bond donors (Lipinski definition) is 1. The van der Waals surface area contributed by atoms with Gasteiger partial charge in [-0.05, 0) is 12.8 Å². The van der Waals surface area contributed by atoms with Crippen LogP contribution in [0.4, 0.5) is 0 Å². The molecular weight excluding hydrogens is 248 g/mol. The Labute approximate surface area is 112 Å². The van der Waals surface area contributed by atoms with Gasteiger partial charge in [-0.25, -0.2) is 0 Å². The van der Waals surface area contributed by atoms with Gasteiger partial charge in [0.15, 0.2) is 0 Å². The molecule has 1 aromatic heterocycles. The average Bonchev–Trinajstić information content (AvgIpc) is 2.96. The first-order valence-corrected chi connectivity index (χ1v) is 6.64. The second kappa shape index (κ2) is 7.20. The van der Waals surface area contributed by atoms with Crippen LogP contribution in [0.15, 0.2) is 12.4 Å². The predicted octanol–water partition coefficient (Wildman–Crippen LogP) is -0.332. The topological polar surface area (TPSA) is 80.5 Å². The fourth-order valence-corrected chi connectivity index (χ4v) is 2.21. The lowest BCUT2D eigenvalue weighted by atomic mass is 10.1. The molecule has 7 heteroatoms. The number of nitrogens with zero attached hydrogens (tertiary/aromatic N) is 4. The van der Waals surface area contributed by atoms with E-state index in [0.717, 1.165) is 25.9 Å². The van der Waals surface area contributed by atoms with Crippen molar-refractivity contribution in [1.82, 2.24) is 19.9 Å². The highest BCUT2D eigenvalue weighted by Gasteiger charge is 2.22. The standard InChI is InChI=1S/C12H20N4O3/c17-9-10-19-11-1-5-15(6-2-11)12(18)3-7-16-8-4-13-14-16/h4,8,11,17H,1-3,5-7,9-10H2. The number of carbonyl (C=O) groups is 1. The molecule has 2 rings (SSSR count). The molecule has 1 N–H and O–H groups in total. The van der Waals surface area contributed by atoms with Crippen LogP contribution in [0.2, 0.25) is 0 Å². The lowest BCUT2D eigenvalue weighted by molar-refractivity contribution is -0.134. The van der Waals surface area contributed by atoms with Crippen LogP contribution in [0.5, 0.6) is 0 Å². The molecule has 1 amide bonds. The van der Waals surface area contributed by atoms with E-state index in [-0.39, 0.29) is 18.6 Å². The van der Waals surface area contributed by atoms with E-state index in [1.165, 1.54) is 0 Å². The Bertz CT molecular complexity index is 374. The third-order valence-corrected chi connectivity index (χ3v) is 3.27. The Kier molecular flexibility index (Phi) is 5.29. The molecule has 19 heavy (non-hydrogen) atoms. The molecule has 0 bridgehead atoms. The number of ether oxygens (including phenoxy) is 1. The van der Waals surface area contributed by atoms with E-state index >= 15 is 0 Å². The lowest BCUT2D eigenvalue weighted by Crippen LogP contribution is -2.41. The van der Waals surface area contributed by atoms with Gasteiger partial charge in [-0.1, -0.05) is 5.21 Å². The van der Waals surface area contributed by atoms with Crippen LogP contribution in [0.1, 0.15) is 19.3 Å². The van der Waals surface area contributed by atoms with Gasteiger partial charge in [0.05, 0.1) is 32.1 Å². The predicted molar refractivity (Wildman–Crippen MR) is 67.3 cm³/mol. The molecule has 0 atom stereocenters. The monoisotopic (exact) mass is 268 g/mol. The van der Waals surface area contributed by atoms with Crippen molar-refractivity contribution in [3.63, 3.8) is 0 Å². The molecule has 1 aliphatic rings. The van der Waals surface area contributed by atoms with Crippen LogP contribution in [0, 0.1) is 0 Å².